The van der Waals surface area contributed by atoms with E-state index in [4.69, 9.17) is 0 Å². The van der Waals surface area contributed by atoms with Crippen LogP contribution in [0, 0.1) is 0 Å². The van der Waals surface area contributed by atoms with Gasteiger partial charge in [-0.1, -0.05) is 54.6 Å². The van der Waals surface area contributed by atoms with Crippen LogP contribution >= 0.6 is 7.14 Å². The lowest BCUT2D eigenvalue weighted by molar-refractivity contribution is 0.593. The molecule has 2 aliphatic rings. The first kappa shape index (κ1) is 12.2. The Hall–Kier alpha value is -2.37. The fourth-order valence-electron chi connectivity index (χ4n) is 3.50. The third-order valence-electron chi connectivity index (χ3n) is 4.60. The molecule has 0 saturated heterocycles. The Bertz CT molecular complexity index is 1060. The predicted molar refractivity (Wildman–Crippen MR) is 94.5 cm³/mol. The van der Waals surface area contributed by atoms with E-state index in [1.807, 2.05) is 36.2 Å². The molecule has 22 heavy (non-hydrogen) atoms. The highest BCUT2D eigenvalue weighted by Crippen LogP contribution is 2.66. The fraction of sp³-hybridized carbons (Fsp3) is 0. The third-order valence-corrected chi connectivity index (χ3v) is 7.36. The lowest BCUT2D eigenvalue weighted by Crippen LogP contribution is -2.05. The molecule has 0 fully saturated rings. The van der Waals surface area contributed by atoms with Crippen LogP contribution in [0.5, 0.6) is 0 Å². The maximum Gasteiger partial charge on any atom is 0.165 e. The minimum Gasteiger partial charge on any atom is -0.309 e. The molecule has 1 nitrogen and oxygen atoms in total. The first-order valence-corrected chi connectivity index (χ1v) is 9.17. The Kier molecular flexibility index (Phi) is 2.27. The molecule has 2 aliphatic heterocycles. The minimum atomic E-state index is -2.62. The van der Waals surface area contributed by atoms with E-state index in [9.17, 15) is 4.57 Å². The Labute approximate surface area is 129 Å². The van der Waals surface area contributed by atoms with Crippen LogP contribution in [-0.4, -0.2) is 0 Å². The Morgan fingerprint density at radius 1 is 0.773 bits per heavy atom. The minimum absolute atomic E-state index is 0.979. The molecule has 0 bridgehead atoms. The molecule has 0 aliphatic carbocycles. The second-order valence-corrected chi connectivity index (χ2v) is 8.43. The summed E-state index contributed by atoms with van der Waals surface area (Å²) in [4.78, 5) is 0. The smallest absolute Gasteiger partial charge is 0.165 e. The summed E-state index contributed by atoms with van der Waals surface area (Å²) < 4.78 is 13.7. The van der Waals surface area contributed by atoms with Crippen molar-refractivity contribution in [3.63, 3.8) is 0 Å². The molecule has 0 spiro atoms. The van der Waals surface area contributed by atoms with E-state index >= 15 is 0 Å². The highest BCUT2D eigenvalue weighted by molar-refractivity contribution is 7.85. The average Bonchev–Trinajstić information content (AvgIpc) is 2.85. The normalized spacial score (nSPS) is 21.2. The van der Waals surface area contributed by atoms with Gasteiger partial charge in [-0.3, -0.25) is 0 Å². The highest BCUT2D eigenvalue weighted by Gasteiger charge is 2.37. The number of hydrogen-bond donors (Lipinski definition) is 0. The first-order chi connectivity index (χ1) is 10.8. The molecule has 2 heteroatoms. The maximum absolute atomic E-state index is 13.7. The lowest BCUT2D eigenvalue weighted by atomic mass is 10.0. The molecule has 0 saturated carbocycles. The molecule has 5 rings (SSSR count). The van der Waals surface area contributed by atoms with Crippen LogP contribution < -0.4 is 5.30 Å². The molecule has 2 heterocycles. The average molecular weight is 300 g/mol. The van der Waals surface area contributed by atoms with Gasteiger partial charge in [0.05, 0.1) is 0 Å². The molecule has 3 aromatic rings. The van der Waals surface area contributed by atoms with Crippen LogP contribution in [0.2, 0.25) is 0 Å². The van der Waals surface area contributed by atoms with Gasteiger partial charge in [0.2, 0.25) is 0 Å². The van der Waals surface area contributed by atoms with Crippen molar-refractivity contribution in [1.82, 2.24) is 0 Å². The second kappa shape index (κ2) is 4.09. The molecular formula is C20H13OP. The lowest BCUT2D eigenvalue weighted by Gasteiger charge is -2.20. The Balaban J connectivity index is 1.86. The van der Waals surface area contributed by atoms with Gasteiger partial charge in [0.1, 0.15) is 0 Å². The molecule has 1 atom stereocenters. The van der Waals surface area contributed by atoms with Crippen molar-refractivity contribution in [2.75, 3.05) is 0 Å². The first-order valence-electron chi connectivity index (χ1n) is 7.40. The molecule has 104 valence electrons. The summed E-state index contributed by atoms with van der Waals surface area (Å²) in [5, 5.41) is 4.31. The zero-order valence-electron chi connectivity index (χ0n) is 11.9. The van der Waals surface area contributed by atoms with E-state index in [-0.39, 0.29) is 0 Å². The molecule has 3 aromatic carbocycles. The van der Waals surface area contributed by atoms with E-state index < -0.39 is 7.14 Å². The molecule has 0 N–H and O–H groups in total. The van der Waals surface area contributed by atoms with Crippen LogP contribution in [0.4, 0.5) is 0 Å². The van der Waals surface area contributed by atoms with Gasteiger partial charge in [-0.2, -0.15) is 0 Å². The van der Waals surface area contributed by atoms with Crippen LogP contribution in [-0.2, 0) is 4.57 Å². The van der Waals surface area contributed by atoms with Crippen molar-refractivity contribution in [1.29, 1.82) is 0 Å². The summed E-state index contributed by atoms with van der Waals surface area (Å²) in [6, 6.07) is 20.7. The van der Waals surface area contributed by atoms with E-state index in [0.717, 1.165) is 32.7 Å². The van der Waals surface area contributed by atoms with E-state index in [1.165, 1.54) is 5.39 Å². The number of benzene rings is 3. The van der Waals surface area contributed by atoms with Crippen molar-refractivity contribution >= 4 is 40.7 Å². The van der Waals surface area contributed by atoms with Gasteiger partial charge >= 0.3 is 0 Å². The van der Waals surface area contributed by atoms with Crippen LogP contribution in [0.1, 0.15) is 16.7 Å². The monoisotopic (exact) mass is 300 g/mol. The quantitative estimate of drug-likeness (QED) is 0.513. The summed E-state index contributed by atoms with van der Waals surface area (Å²) in [7, 11) is -2.62. The zero-order valence-corrected chi connectivity index (χ0v) is 12.8. The number of hydrogen-bond acceptors (Lipinski definition) is 1. The van der Waals surface area contributed by atoms with Crippen LogP contribution in [0.3, 0.4) is 0 Å². The van der Waals surface area contributed by atoms with Crippen molar-refractivity contribution in [2.24, 2.45) is 0 Å². The van der Waals surface area contributed by atoms with E-state index in [0.29, 0.717) is 0 Å². The van der Waals surface area contributed by atoms with Crippen molar-refractivity contribution < 1.29 is 4.57 Å². The molecule has 1 unspecified atom stereocenters. The fourth-order valence-corrected chi connectivity index (χ4v) is 6.19. The van der Waals surface area contributed by atoms with Gasteiger partial charge in [-0.05, 0) is 51.5 Å². The number of rotatable bonds is 0. The maximum atomic E-state index is 13.7. The summed E-state index contributed by atoms with van der Waals surface area (Å²) in [6.07, 6.45) is 4.13. The van der Waals surface area contributed by atoms with E-state index in [1.54, 1.807) is 0 Å². The second-order valence-electron chi connectivity index (χ2n) is 5.85. The van der Waals surface area contributed by atoms with E-state index in [2.05, 4.69) is 42.5 Å². The summed E-state index contributed by atoms with van der Waals surface area (Å²) >= 11 is 0. The van der Waals surface area contributed by atoms with Crippen LogP contribution in [0.25, 0.3) is 28.2 Å². The van der Waals surface area contributed by atoms with Gasteiger partial charge < -0.3 is 4.57 Å². The molecule has 0 radical (unpaired) electrons. The summed E-state index contributed by atoms with van der Waals surface area (Å²) in [5.41, 5.74) is 3.35. The zero-order chi connectivity index (χ0) is 14.7. The van der Waals surface area contributed by atoms with Crippen molar-refractivity contribution in [3.05, 3.63) is 83.2 Å². The van der Waals surface area contributed by atoms with Gasteiger partial charge in [0, 0.05) is 10.6 Å². The predicted octanol–water partition coefficient (Wildman–Crippen LogP) is 5.32. The third kappa shape index (κ3) is 1.47. The largest absolute Gasteiger partial charge is 0.309 e. The Morgan fingerprint density at radius 2 is 1.50 bits per heavy atom. The topological polar surface area (TPSA) is 17.1 Å². The van der Waals surface area contributed by atoms with Gasteiger partial charge in [0.25, 0.3) is 0 Å². The van der Waals surface area contributed by atoms with Gasteiger partial charge in [0.15, 0.2) is 7.14 Å². The Morgan fingerprint density at radius 3 is 2.36 bits per heavy atom. The molecule has 0 aromatic heterocycles. The van der Waals surface area contributed by atoms with Gasteiger partial charge in [-0.25, -0.2) is 0 Å². The van der Waals surface area contributed by atoms with Crippen molar-refractivity contribution in [3.8, 4) is 0 Å². The summed E-state index contributed by atoms with van der Waals surface area (Å²) in [6.45, 7) is 0. The van der Waals surface area contributed by atoms with Gasteiger partial charge in [-0.15, -0.1) is 0 Å². The van der Waals surface area contributed by atoms with Crippen molar-refractivity contribution in [2.45, 2.75) is 0 Å². The highest BCUT2D eigenvalue weighted by atomic mass is 31.2. The van der Waals surface area contributed by atoms with Crippen LogP contribution in [0.15, 0.2) is 66.5 Å². The molecule has 0 amide bonds. The number of fused-ring (bicyclic) bond motifs is 6. The molecular weight excluding hydrogens is 287 g/mol. The standard InChI is InChI=1S/C20H13OP/c21-22-10-9-14-5-3-4-8-18(14)20(22)13-17-11-15-6-1-2-7-16(15)12-19(17)22/h1-13H. The SMILES string of the molecule is O=P12C=Cc3ccccc3C1=Cc1cc3ccccc3cc12. The summed E-state index contributed by atoms with van der Waals surface area (Å²) in [5.74, 6) is 1.92.